The number of hydrogen-bond donors (Lipinski definition) is 1. The second kappa shape index (κ2) is 7.13. The topological polar surface area (TPSA) is 110 Å². The van der Waals surface area contributed by atoms with Crippen molar-refractivity contribution in [1.82, 2.24) is 24.7 Å². The maximum Gasteiger partial charge on any atom is 0.262 e. The Bertz CT molecular complexity index is 1340. The summed E-state index contributed by atoms with van der Waals surface area (Å²) in [6, 6.07) is 17.3. The highest BCUT2D eigenvalue weighted by Crippen LogP contribution is 2.23. The SMILES string of the molecule is Cc1nnc2ccc(-c3cccc(NC(=O)CN4C(=O)c5ccccc5C4=O)c3)nn12. The van der Waals surface area contributed by atoms with E-state index in [1.807, 2.05) is 25.1 Å². The number of rotatable bonds is 4. The molecule has 2 aromatic carbocycles. The number of carbonyl (C=O) groups is 3. The number of amides is 3. The number of anilines is 1. The summed E-state index contributed by atoms with van der Waals surface area (Å²) in [6.45, 7) is 1.45. The van der Waals surface area contributed by atoms with E-state index in [2.05, 4.69) is 20.6 Å². The van der Waals surface area contributed by atoms with E-state index in [0.29, 0.717) is 34.0 Å². The molecule has 0 unspecified atom stereocenters. The maximum atomic E-state index is 12.5. The lowest BCUT2D eigenvalue weighted by atomic mass is 10.1. The lowest BCUT2D eigenvalue weighted by Gasteiger charge is -2.14. The van der Waals surface area contributed by atoms with Crippen LogP contribution in [-0.4, -0.2) is 49.0 Å². The Morgan fingerprint density at radius 3 is 2.42 bits per heavy atom. The minimum Gasteiger partial charge on any atom is -0.325 e. The number of imide groups is 1. The van der Waals surface area contributed by atoms with E-state index in [4.69, 9.17) is 0 Å². The van der Waals surface area contributed by atoms with Crippen LogP contribution in [0.15, 0.2) is 60.7 Å². The van der Waals surface area contributed by atoms with Crippen molar-refractivity contribution in [3.8, 4) is 11.3 Å². The fourth-order valence-corrected chi connectivity index (χ4v) is 3.53. The molecule has 9 heteroatoms. The van der Waals surface area contributed by atoms with E-state index >= 15 is 0 Å². The summed E-state index contributed by atoms with van der Waals surface area (Å²) >= 11 is 0. The first-order chi connectivity index (χ1) is 15.0. The summed E-state index contributed by atoms with van der Waals surface area (Å²) in [7, 11) is 0. The minimum absolute atomic E-state index is 0.313. The van der Waals surface area contributed by atoms with Gasteiger partial charge in [0.25, 0.3) is 11.8 Å². The Labute approximate surface area is 176 Å². The number of nitrogens with zero attached hydrogens (tertiary/aromatic N) is 5. The second-order valence-electron chi connectivity index (χ2n) is 7.11. The maximum absolute atomic E-state index is 12.5. The Kier molecular flexibility index (Phi) is 4.28. The van der Waals surface area contributed by atoms with Crippen molar-refractivity contribution in [2.24, 2.45) is 0 Å². The van der Waals surface area contributed by atoms with Crippen molar-refractivity contribution < 1.29 is 14.4 Å². The zero-order valence-corrected chi connectivity index (χ0v) is 16.4. The number of nitrogens with one attached hydrogen (secondary N) is 1. The molecule has 31 heavy (non-hydrogen) atoms. The fraction of sp³-hybridized carbons (Fsp3) is 0.0909. The largest absolute Gasteiger partial charge is 0.325 e. The van der Waals surface area contributed by atoms with Crippen LogP contribution in [0.1, 0.15) is 26.5 Å². The van der Waals surface area contributed by atoms with Crippen molar-refractivity contribution in [2.45, 2.75) is 6.92 Å². The molecule has 0 spiro atoms. The molecule has 0 saturated carbocycles. The molecule has 4 aromatic rings. The first-order valence-electron chi connectivity index (χ1n) is 9.56. The Hall–Kier alpha value is -4.40. The zero-order chi connectivity index (χ0) is 21.5. The van der Waals surface area contributed by atoms with Crippen LogP contribution in [0.2, 0.25) is 0 Å². The second-order valence-corrected chi connectivity index (χ2v) is 7.11. The summed E-state index contributed by atoms with van der Waals surface area (Å²) in [5.41, 5.74) is 3.27. The molecular weight excluding hydrogens is 396 g/mol. The molecule has 5 rings (SSSR count). The predicted molar refractivity (Wildman–Crippen MR) is 111 cm³/mol. The molecule has 0 radical (unpaired) electrons. The molecular formula is C22H16N6O3. The van der Waals surface area contributed by atoms with Crippen molar-refractivity contribution in [3.05, 3.63) is 77.6 Å². The van der Waals surface area contributed by atoms with Crippen LogP contribution in [0, 0.1) is 6.92 Å². The van der Waals surface area contributed by atoms with Crippen LogP contribution >= 0.6 is 0 Å². The van der Waals surface area contributed by atoms with E-state index in [1.54, 1.807) is 47.0 Å². The highest BCUT2D eigenvalue weighted by molar-refractivity contribution is 6.22. The predicted octanol–water partition coefficient (Wildman–Crippen LogP) is 2.33. The third kappa shape index (κ3) is 3.21. The molecule has 0 fully saturated rings. The van der Waals surface area contributed by atoms with Crippen LogP contribution in [0.5, 0.6) is 0 Å². The smallest absolute Gasteiger partial charge is 0.262 e. The molecule has 0 aliphatic carbocycles. The molecule has 0 saturated heterocycles. The molecule has 0 bridgehead atoms. The van der Waals surface area contributed by atoms with Gasteiger partial charge in [-0.2, -0.15) is 9.61 Å². The molecule has 152 valence electrons. The van der Waals surface area contributed by atoms with Gasteiger partial charge in [0.1, 0.15) is 6.54 Å². The van der Waals surface area contributed by atoms with Crippen LogP contribution < -0.4 is 5.32 Å². The minimum atomic E-state index is -0.468. The normalized spacial score (nSPS) is 13.0. The van der Waals surface area contributed by atoms with Gasteiger partial charge in [-0.15, -0.1) is 10.2 Å². The number of benzene rings is 2. The first kappa shape index (κ1) is 18.6. The van der Waals surface area contributed by atoms with Gasteiger partial charge >= 0.3 is 0 Å². The number of fused-ring (bicyclic) bond motifs is 2. The molecule has 3 amide bonds. The van der Waals surface area contributed by atoms with Crippen molar-refractivity contribution in [1.29, 1.82) is 0 Å². The monoisotopic (exact) mass is 412 g/mol. The highest BCUT2D eigenvalue weighted by Gasteiger charge is 2.36. The zero-order valence-electron chi connectivity index (χ0n) is 16.4. The standard InChI is InChI=1S/C22H16N6O3/c1-13-24-25-19-10-9-18(26-28(13)19)14-5-4-6-15(11-14)23-20(29)12-27-21(30)16-7-2-3-8-17(16)22(27)31/h2-11H,12H2,1H3,(H,23,29). The Morgan fingerprint density at radius 2 is 1.68 bits per heavy atom. The van der Waals surface area contributed by atoms with Gasteiger partial charge in [-0.05, 0) is 43.3 Å². The molecule has 1 aliphatic heterocycles. The molecule has 2 aromatic heterocycles. The Balaban J connectivity index is 1.34. The first-order valence-corrected chi connectivity index (χ1v) is 9.56. The number of aryl methyl sites for hydroxylation is 1. The van der Waals surface area contributed by atoms with Gasteiger partial charge in [-0.3, -0.25) is 19.3 Å². The van der Waals surface area contributed by atoms with Crippen LogP contribution in [0.4, 0.5) is 5.69 Å². The molecule has 1 N–H and O–H groups in total. The number of carbonyl (C=O) groups excluding carboxylic acids is 3. The summed E-state index contributed by atoms with van der Waals surface area (Å²) in [4.78, 5) is 38.4. The van der Waals surface area contributed by atoms with E-state index in [-0.39, 0.29) is 6.54 Å². The van der Waals surface area contributed by atoms with Gasteiger partial charge in [-0.25, -0.2) is 0 Å². The molecule has 0 atom stereocenters. The summed E-state index contributed by atoms with van der Waals surface area (Å²) in [5, 5.41) is 15.3. The quantitative estimate of drug-likeness (QED) is 0.515. The lowest BCUT2D eigenvalue weighted by molar-refractivity contribution is -0.116. The van der Waals surface area contributed by atoms with Crippen LogP contribution in [0.3, 0.4) is 0 Å². The average molecular weight is 412 g/mol. The molecule has 1 aliphatic rings. The molecule has 3 heterocycles. The van der Waals surface area contributed by atoms with Gasteiger partial charge in [0.15, 0.2) is 11.5 Å². The van der Waals surface area contributed by atoms with Gasteiger partial charge in [0.05, 0.1) is 16.8 Å². The van der Waals surface area contributed by atoms with Crippen molar-refractivity contribution >= 4 is 29.1 Å². The van der Waals surface area contributed by atoms with E-state index in [1.165, 1.54) is 0 Å². The van der Waals surface area contributed by atoms with E-state index in [9.17, 15) is 14.4 Å². The third-order valence-electron chi connectivity index (χ3n) is 5.04. The number of hydrogen-bond acceptors (Lipinski definition) is 6. The average Bonchev–Trinajstić information content (AvgIpc) is 3.27. The third-order valence-corrected chi connectivity index (χ3v) is 5.04. The summed E-state index contributed by atoms with van der Waals surface area (Å²) < 4.78 is 1.64. The van der Waals surface area contributed by atoms with Gasteiger partial charge in [0, 0.05) is 11.3 Å². The molecule has 9 nitrogen and oxygen atoms in total. The van der Waals surface area contributed by atoms with Crippen LogP contribution in [-0.2, 0) is 4.79 Å². The number of aromatic nitrogens is 4. The van der Waals surface area contributed by atoms with Gasteiger partial charge in [0.2, 0.25) is 5.91 Å². The summed E-state index contributed by atoms with van der Waals surface area (Å²) in [5.74, 6) is -0.732. The van der Waals surface area contributed by atoms with Crippen molar-refractivity contribution in [2.75, 3.05) is 11.9 Å². The lowest BCUT2D eigenvalue weighted by Crippen LogP contribution is -2.37. The van der Waals surface area contributed by atoms with Gasteiger partial charge < -0.3 is 5.32 Å². The van der Waals surface area contributed by atoms with Gasteiger partial charge in [-0.1, -0.05) is 24.3 Å². The summed E-state index contributed by atoms with van der Waals surface area (Å²) in [6.07, 6.45) is 0. The van der Waals surface area contributed by atoms with E-state index < -0.39 is 17.7 Å². The van der Waals surface area contributed by atoms with Crippen molar-refractivity contribution in [3.63, 3.8) is 0 Å². The highest BCUT2D eigenvalue weighted by atomic mass is 16.2. The fourth-order valence-electron chi connectivity index (χ4n) is 3.53. The van der Waals surface area contributed by atoms with Crippen LogP contribution in [0.25, 0.3) is 16.9 Å². The Morgan fingerprint density at radius 1 is 0.935 bits per heavy atom. The van der Waals surface area contributed by atoms with E-state index in [0.717, 1.165) is 10.5 Å².